The minimum absolute atomic E-state index is 0.313. The Morgan fingerprint density at radius 2 is 1.89 bits per heavy atom. The summed E-state index contributed by atoms with van der Waals surface area (Å²) >= 11 is 0. The summed E-state index contributed by atoms with van der Waals surface area (Å²) in [7, 11) is 2.02. The monoisotopic (exact) mass is 245 g/mol. The molecule has 1 N–H and O–H groups in total. The number of rotatable bonds is 5. The lowest BCUT2D eigenvalue weighted by molar-refractivity contribution is 0.315. The molecule has 0 fully saturated rings. The summed E-state index contributed by atoms with van der Waals surface area (Å²) < 4.78 is 6.00. The fourth-order valence-electron chi connectivity index (χ4n) is 2.71. The number of nitrogens with one attached hydrogen (secondary N) is 1. The van der Waals surface area contributed by atoms with Crippen molar-refractivity contribution < 1.29 is 4.42 Å². The van der Waals surface area contributed by atoms with E-state index < -0.39 is 0 Å². The van der Waals surface area contributed by atoms with E-state index in [1.165, 1.54) is 10.9 Å². The van der Waals surface area contributed by atoms with Gasteiger partial charge in [0.15, 0.2) is 0 Å². The van der Waals surface area contributed by atoms with Crippen molar-refractivity contribution in [3.05, 3.63) is 35.6 Å². The molecule has 2 rings (SSSR count). The zero-order valence-electron chi connectivity index (χ0n) is 11.8. The molecule has 0 radical (unpaired) electrons. The van der Waals surface area contributed by atoms with Crippen molar-refractivity contribution in [1.82, 2.24) is 5.32 Å². The van der Waals surface area contributed by atoms with Crippen molar-refractivity contribution in [2.24, 2.45) is 5.92 Å². The molecule has 0 amide bonds. The molecule has 2 heteroatoms. The number of hydrogen-bond acceptors (Lipinski definition) is 2. The second-order valence-electron chi connectivity index (χ2n) is 5.03. The van der Waals surface area contributed by atoms with Gasteiger partial charge in [-0.15, -0.1) is 0 Å². The Morgan fingerprint density at radius 1 is 1.17 bits per heavy atom. The fourth-order valence-corrected chi connectivity index (χ4v) is 2.71. The van der Waals surface area contributed by atoms with Crippen LogP contribution in [0.25, 0.3) is 11.0 Å². The van der Waals surface area contributed by atoms with Gasteiger partial charge in [0.1, 0.15) is 11.3 Å². The van der Waals surface area contributed by atoms with Gasteiger partial charge in [0.2, 0.25) is 0 Å². The summed E-state index contributed by atoms with van der Waals surface area (Å²) in [4.78, 5) is 0. The molecule has 98 valence electrons. The standard InChI is InChI=1S/C16H23NO/c1-5-12(6-2)16(17-4)15-10-13-9-11(3)7-8-14(13)18-15/h7-10,12,16-17H,5-6H2,1-4H3. The van der Waals surface area contributed by atoms with E-state index in [4.69, 9.17) is 4.42 Å². The second kappa shape index (κ2) is 5.57. The lowest BCUT2D eigenvalue weighted by Crippen LogP contribution is -2.24. The maximum absolute atomic E-state index is 6.00. The van der Waals surface area contributed by atoms with Crippen molar-refractivity contribution in [2.45, 2.75) is 39.7 Å². The molecular formula is C16H23NO. The normalized spacial score (nSPS) is 13.4. The molecule has 1 unspecified atom stereocenters. The molecule has 0 spiro atoms. The zero-order valence-corrected chi connectivity index (χ0v) is 11.8. The molecular weight excluding hydrogens is 222 g/mol. The number of aryl methyl sites for hydroxylation is 1. The molecule has 0 aliphatic heterocycles. The van der Waals surface area contributed by atoms with Gasteiger partial charge in [0.25, 0.3) is 0 Å². The molecule has 0 aliphatic rings. The summed E-state index contributed by atoms with van der Waals surface area (Å²) in [6.07, 6.45) is 2.33. The fraction of sp³-hybridized carbons (Fsp3) is 0.500. The van der Waals surface area contributed by atoms with Crippen molar-refractivity contribution in [2.75, 3.05) is 7.05 Å². The SMILES string of the molecule is CCC(CC)C(NC)c1cc2cc(C)ccc2o1. The highest BCUT2D eigenvalue weighted by atomic mass is 16.3. The van der Waals surface area contributed by atoms with E-state index in [1.54, 1.807) is 0 Å². The Labute approximate surface area is 109 Å². The molecule has 18 heavy (non-hydrogen) atoms. The quantitative estimate of drug-likeness (QED) is 0.842. The highest BCUT2D eigenvalue weighted by Gasteiger charge is 2.22. The molecule has 1 aromatic carbocycles. The van der Waals surface area contributed by atoms with Crippen molar-refractivity contribution >= 4 is 11.0 Å². The first kappa shape index (κ1) is 13.2. The van der Waals surface area contributed by atoms with E-state index in [0.29, 0.717) is 12.0 Å². The van der Waals surface area contributed by atoms with Crippen LogP contribution in [-0.2, 0) is 0 Å². The van der Waals surface area contributed by atoms with Gasteiger partial charge < -0.3 is 9.73 Å². The summed E-state index contributed by atoms with van der Waals surface area (Å²) in [6, 6.07) is 8.84. The third-order valence-corrected chi connectivity index (χ3v) is 3.83. The average Bonchev–Trinajstić information content (AvgIpc) is 2.78. The van der Waals surface area contributed by atoms with Crippen LogP contribution >= 0.6 is 0 Å². The van der Waals surface area contributed by atoms with Crippen LogP contribution in [0, 0.1) is 12.8 Å². The van der Waals surface area contributed by atoms with Gasteiger partial charge in [-0.3, -0.25) is 0 Å². The smallest absolute Gasteiger partial charge is 0.134 e. The van der Waals surface area contributed by atoms with Crippen molar-refractivity contribution in [3.63, 3.8) is 0 Å². The highest BCUT2D eigenvalue weighted by molar-refractivity contribution is 5.78. The minimum atomic E-state index is 0.313. The molecule has 2 aromatic rings. The molecule has 0 saturated heterocycles. The number of benzene rings is 1. The predicted octanol–water partition coefficient (Wildman–Crippen LogP) is 4.44. The highest BCUT2D eigenvalue weighted by Crippen LogP contribution is 2.31. The largest absolute Gasteiger partial charge is 0.459 e. The summed E-state index contributed by atoms with van der Waals surface area (Å²) in [5, 5.41) is 4.61. The van der Waals surface area contributed by atoms with E-state index in [2.05, 4.69) is 50.4 Å². The summed E-state index contributed by atoms with van der Waals surface area (Å²) in [6.45, 7) is 6.60. The van der Waals surface area contributed by atoms with Crippen LogP contribution in [0.4, 0.5) is 0 Å². The van der Waals surface area contributed by atoms with E-state index in [1.807, 2.05) is 7.05 Å². The van der Waals surface area contributed by atoms with Crippen LogP contribution in [-0.4, -0.2) is 7.05 Å². The summed E-state index contributed by atoms with van der Waals surface area (Å²) in [5.41, 5.74) is 2.26. The lowest BCUT2D eigenvalue weighted by Gasteiger charge is -2.22. The first-order valence-electron chi connectivity index (χ1n) is 6.87. The van der Waals surface area contributed by atoms with Crippen LogP contribution < -0.4 is 5.32 Å². The Morgan fingerprint density at radius 3 is 2.50 bits per heavy atom. The van der Waals surface area contributed by atoms with Crippen LogP contribution in [0.15, 0.2) is 28.7 Å². The molecule has 1 heterocycles. The van der Waals surface area contributed by atoms with Gasteiger partial charge in [0, 0.05) is 5.39 Å². The second-order valence-corrected chi connectivity index (χ2v) is 5.03. The maximum Gasteiger partial charge on any atom is 0.134 e. The van der Waals surface area contributed by atoms with Crippen LogP contribution in [0.3, 0.4) is 0 Å². The van der Waals surface area contributed by atoms with Crippen LogP contribution in [0.5, 0.6) is 0 Å². The van der Waals surface area contributed by atoms with E-state index in [-0.39, 0.29) is 0 Å². The molecule has 0 aliphatic carbocycles. The van der Waals surface area contributed by atoms with Crippen molar-refractivity contribution in [3.8, 4) is 0 Å². The number of furan rings is 1. The van der Waals surface area contributed by atoms with Gasteiger partial charge >= 0.3 is 0 Å². The molecule has 2 nitrogen and oxygen atoms in total. The van der Waals surface area contributed by atoms with Gasteiger partial charge in [-0.2, -0.15) is 0 Å². The third-order valence-electron chi connectivity index (χ3n) is 3.83. The molecule has 0 bridgehead atoms. The lowest BCUT2D eigenvalue weighted by atomic mass is 9.92. The number of hydrogen-bond donors (Lipinski definition) is 1. The van der Waals surface area contributed by atoms with E-state index >= 15 is 0 Å². The van der Waals surface area contributed by atoms with Gasteiger partial charge in [-0.1, -0.05) is 38.3 Å². The first-order valence-corrected chi connectivity index (χ1v) is 6.87. The summed E-state index contributed by atoms with van der Waals surface area (Å²) in [5.74, 6) is 1.68. The molecule has 0 saturated carbocycles. The Balaban J connectivity index is 2.39. The van der Waals surface area contributed by atoms with Gasteiger partial charge in [-0.25, -0.2) is 0 Å². The first-order chi connectivity index (χ1) is 8.69. The van der Waals surface area contributed by atoms with E-state index in [0.717, 1.165) is 24.2 Å². The zero-order chi connectivity index (χ0) is 13.1. The van der Waals surface area contributed by atoms with E-state index in [9.17, 15) is 0 Å². The maximum atomic E-state index is 6.00. The van der Waals surface area contributed by atoms with Crippen LogP contribution in [0.1, 0.15) is 44.1 Å². The van der Waals surface area contributed by atoms with Gasteiger partial charge in [-0.05, 0) is 38.1 Å². The Kier molecular flexibility index (Phi) is 4.07. The van der Waals surface area contributed by atoms with Crippen LogP contribution in [0.2, 0.25) is 0 Å². The van der Waals surface area contributed by atoms with Crippen molar-refractivity contribution in [1.29, 1.82) is 0 Å². The average molecular weight is 245 g/mol. The third kappa shape index (κ3) is 2.44. The Bertz CT molecular complexity index is 511. The predicted molar refractivity (Wildman–Crippen MR) is 76.8 cm³/mol. The number of fused-ring (bicyclic) bond motifs is 1. The molecule has 1 atom stereocenters. The topological polar surface area (TPSA) is 25.2 Å². The molecule has 1 aromatic heterocycles. The Hall–Kier alpha value is -1.28. The minimum Gasteiger partial charge on any atom is -0.459 e. The van der Waals surface area contributed by atoms with Gasteiger partial charge in [0.05, 0.1) is 6.04 Å².